The molecule has 0 radical (unpaired) electrons. The highest BCUT2D eigenvalue weighted by Gasteiger charge is 2.23. The van der Waals surface area contributed by atoms with Gasteiger partial charge in [-0.05, 0) is 25.3 Å². The summed E-state index contributed by atoms with van der Waals surface area (Å²) < 4.78 is 5.38. The van der Waals surface area contributed by atoms with Crippen LogP contribution in [0.1, 0.15) is 44.7 Å². The molecule has 6 nitrogen and oxygen atoms in total. The summed E-state index contributed by atoms with van der Waals surface area (Å²) in [6, 6.07) is 7.56. The molecular formula is C18H27N3O3. The lowest BCUT2D eigenvalue weighted by Gasteiger charge is -2.32. The van der Waals surface area contributed by atoms with Gasteiger partial charge in [-0.3, -0.25) is 4.79 Å². The zero-order valence-electron chi connectivity index (χ0n) is 14.7. The van der Waals surface area contributed by atoms with Crippen LogP contribution >= 0.6 is 0 Å². The number of nitrogens with one attached hydrogen (secondary N) is 2. The molecule has 1 fully saturated rings. The Kier molecular flexibility index (Phi) is 6.46. The van der Waals surface area contributed by atoms with Gasteiger partial charge >= 0.3 is 6.03 Å². The van der Waals surface area contributed by atoms with Gasteiger partial charge in [0.2, 0.25) is 5.91 Å². The minimum absolute atomic E-state index is 0.0973. The third-order valence-electron chi connectivity index (χ3n) is 4.50. The monoisotopic (exact) mass is 333 g/mol. The predicted molar refractivity (Wildman–Crippen MR) is 93.0 cm³/mol. The number of benzene rings is 1. The van der Waals surface area contributed by atoms with Gasteiger partial charge in [-0.2, -0.15) is 0 Å². The highest BCUT2D eigenvalue weighted by molar-refractivity contribution is 5.75. The number of methoxy groups -OCH3 is 1. The number of carbonyl (C=O) groups excluding carboxylic acids is 2. The second-order valence-electron chi connectivity index (χ2n) is 6.10. The van der Waals surface area contributed by atoms with E-state index in [2.05, 4.69) is 10.6 Å². The van der Waals surface area contributed by atoms with Gasteiger partial charge in [-0.25, -0.2) is 4.79 Å². The standard InChI is InChI=1S/C18H27N3O3/c1-4-16(15-7-5-6-8-17(15)24-3)20-18(23)19-14-9-11-21(12-10-14)13(2)22/h5-8,14,16H,4,9-12H2,1-3H3,(H2,19,20,23)/t16-/m1/s1. The number of para-hydroxylation sites is 1. The van der Waals surface area contributed by atoms with Gasteiger partial charge in [0.15, 0.2) is 0 Å². The van der Waals surface area contributed by atoms with Crippen molar-refractivity contribution in [1.29, 1.82) is 0 Å². The van der Waals surface area contributed by atoms with Crippen molar-refractivity contribution in [2.45, 2.75) is 45.2 Å². The molecule has 6 heteroatoms. The molecule has 0 spiro atoms. The molecule has 3 amide bonds. The Labute approximate surface area is 143 Å². The maximum atomic E-state index is 12.3. The van der Waals surface area contributed by atoms with E-state index in [1.54, 1.807) is 14.0 Å². The van der Waals surface area contributed by atoms with Crippen molar-refractivity contribution < 1.29 is 14.3 Å². The van der Waals surface area contributed by atoms with E-state index < -0.39 is 0 Å². The van der Waals surface area contributed by atoms with Gasteiger partial charge in [0, 0.05) is 31.6 Å². The van der Waals surface area contributed by atoms with Gasteiger partial charge in [0.05, 0.1) is 13.2 Å². The smallest absolute Gasteiger partial charge is 0.315 e. The van der Waals surface area contributed by atoms with Gasteiger partial charge in [0.25, 0.3) is 0 Å². The average molecular weight is 333 g/mol. The highest BCUT2D eigenvalue weighted by Crippen LogP contribution is 2.26. The van der Waals surface area contributed by atoms with Crippen LogP contribution in [0.25, 0.3) is 0 Å². The molecule has 1 atom stereocenters. The van der Waals surface area contributed by atoms with Crippen LogP contribution in [0.15, 0.2) is 24.3 Å². The Bertz CT molecular complexity index is 568. The first-order chi connectivity index (χ1) is 11.5. The lowest BCUT2D eigenvalue weighted by Crippen LogP contribution is -2.49. The third-order valence-corrected chi connectivity index (χ3v) is 4.50. The normalized spacial score (nSPS) is 16.4. The van der Waals surface area contributed by atoms with Gasteiger partial charge in [0.1, 0.15) is 5.75 Å². The molecule has 0 aliphatic carbocycles. The fraction of sp³-hybridized carbons (Fsp3) is 0.556. The SMILES string of the molecule is CC[C@@H](NC(=O)NC1CCN(C(C)=O)CC1)c1ccccc1OC. The van der Waals surface area contributed by atoms with Crippen molar-refractivity contribution >= 4 is 11.9 Å². The van der Waals surface area contributed by atoms with E-state index in [1.165, 1.54) is 0 Å². The zero-order valence-corrected chi connectivity index (χ0v) is 14.7. The number of rotatable bonds is 5. The molecule has 1 aromatic carbocycles. The first-order valence-electron chi connectivity index (χ1n) is 8.50. The average Bonchev–Trinajstić information content (AvgIpc) is 2.60. The van der Waals surface area contributed by atoms with Crippen molar-refractivity contribution in [2.24, 2.45) is 0 Å². The molecule has 24 heavy (non-hydrogen) atoms. The van der Waals surface area contributed by atoms with Gasteiger partial charge in [-0.15, -0.1) is 0 Å². The minimum atomic E-state index is -0.172. The van der Waals surface area contributed by atoms with Crippen molar-refractivity contribution in [3.63, 3.8) is 0 Å². The van der Waals surface area contributed by atoms with E-state index >= 15 is 0 Å². The lowest BCUT2D eigenvalue weighted by atomic mass is 10.0. The molecule has 2 rings (SSSR count). The Balaban J connectivity index is 1.90. The van der Waals surface area contributed by atoms with Crippen LogP contribution in [0.5, 0.6) is 5.75 Å². The summed E-state index contributed by atoms with van der Waals surface area (Å²) in [4.78, 5) is 25.5. The molecule has 0 unspecified atom stereocenters. The van der Waals surface area contributed by atoms with Crippen molar-refractivity contribution in [3.05, 3.63) is 29.8 Å². The largest absolute Gasteiger partial charge is 0.496 e. The third kappa shape index (κ3) is 4.63. The molecule has 1 heterocycles. The van der Waals surface area contributed by atoms with Crippen LogP contribution in [-0.4, -0.2) is 43.1 Å². The molecule has 0 saturated carbocycles. The van der Waals surface area contributed by atoms with Gasteiger partial charge in [-0.1, -0.05) is 25.1 Å². The van der Waals surface area contributed by atoms with Crippen LogP contribution in [0.4, 0.5) is 4.79 Å². The molecule has 132 valence electrons. The maximum absolute atomic E-state index is 12.3. The number of carbonyl (C=O) groups is 2. The summed E-state index contributed by atoms with van der Waals surface area (Å²) in [5.41, 5.74) is 0.976. The van der Waals surface area contributed by atoms with Crippen molar-refractivity contribution in [3.8, 4) is 5.75 Å². The van der Waals surface area contributed by atoms with E-state index in [0.29, 0.717) is 13.1 Å². The number of likely N-dealkylation sites (tertiary alicyclic amines) is 1. The van der Waals surface area contributed by atoms with Crippen LogP contribution in [0.3, 0.4) is 0 Å². The molecule has 1 saturated heterocycles. The van der Waals surface area contributed by atoms with Crippen molar-refractivity contribution in [2.75, 3.05) is 20.2 Å². The van der Waals surface area contributed by atoms with E-state index in [4.69, 9.17) is 4.74 Å². The Morgan fingerprint density at radius 2 is 1.96 bits per heavy atom. The topological polar surface area (TPSA) is 70.7 Å². The summed E-state index contributed by atoms with van der Waals surface area (Å²) in [6.07, 6.45) is 2.35. The van der Waals surface area contributed by atoms with Crippen molar-refractivity contribution in [1.82, 2.24) is 15.5 Å². The molecule has 2 N–H and O–H groups in total. The minimum Gasteiger partial charge on any atom is -0.496 e. The number of hydrogen-bond acceptors (Lipinski definition) is 3. The van der Waals surface area contributed by atoms with Crippen LogP contribution in [0, 0.1) is 0 Å². The Morgan fingerprint density at radius 3 is 2.54 bits per heavy atom. The number of urea groups is 1. The maximum Gasteiger partial charge on any atom is 0.315 e. The number of piperidine rings is 1. The van der Waals surface area contributed by atoms with E-state index in [9.17, 15) is 9.59 Å². The van der Waals surface area contributed by atoms with E-state index in [1.807, 2.05) is 36.1 Å². The number of ether oxygens (including phenoxy) is 1. The molecule has 1 aliphatic heterocycles. The summed E-state index contributed by atoms with van der Waals surface area (Å²) >= 11 is 0. The molecule has 0 aromatic heterocycles. The summed E-state index contributed by atoms with van der Waals surface area (Å²) in [5, 5.41) is 6.05. The molecule has 1 aliphatic rings. The quantitative estimate of drug-likeness (QED) is 0.869. The lowest BCUT2D eigenvalue weighted by molar-refractivity contribution is -0.129. The first-order valence-corrected chi connectivity index (χ1v) is 8.50. The number of nitrogens with zero attached hydrogens (tertiary/aromatic N) is 1. The number of amides is 3. The van der Waals surface area contributed by atoms with Crippen LogP contribution in [-0.2, 0) is 4.79 Å². The fourth-order valence-corrected chi connectivity index (χ4v) is 3.08. The summed E-state index contributed by atoms with van der Waals surface area (Å²) in [7, 11) is 1.63. The van der Waals surface area contributed by atoms with Crippen LogP contribution < -0.4 is 15.4 Å². The van der Waals surface area contributed by atoms with E-state index in [0.717, 1.165) is 30.6 Å². The summed E-state index contributed by atoms with van der Waals surface area (Å²) in [5.74, 6) is 0.875. The summed E-state index contributed by atoms with van der Waals surface area (Å²) in [6.45, 7) is 5.01. The molecule has 0 bridgehead atoms. The predicted octanol–water partition coefficient (Wildman–Crippen LogP) is 2.46. The van der Waals surface area contributed by atoms with Gasteiger partial charge < -0.3 is 20.3 Å². The highest BCUT2D eigenvalue weighted by atomic mass is 16.5. The zero-order chi connectivity index (χ0) is 17.5. The number of hydrogen-bond donors (Lipinski definition) is 2. The second kappa shape index (κ2) is 8.57. The molecular weight excluding hydrogens is 306 g/mol. The fourth-order valence-electron chi connectivity index (χ4n) is 3.08. The Hall–Kier alpha value is -2.24. The first kappa shape index (κ1) is 18.1. The molecule has 1 aromatic rings. The van der Waals surface area contributed by atoms with E-state index in [-0.39, 0.29) is 24.0 Å². The van der Waals surface area contributed by atoms with Crippen LogP contribution in [0.2, 0.25) is 0 Å². The second-order valence-corrected chi connectivity index (χ2v) is 6.10. The Morgan fingerprint density at radius 1 is 1.29 bits per heavy atom.